The van der Waals surface area contributed by atoms with Gasteiger partial charge in [0.2, 0.25) is 5.36 Å². The first-order chi connectivity index (χ1) is 35.1. The van der Waals surface area contributed by atoms with Crippen molar-refractivity contribution in [3.63, 3.8) is 0 Å². The molecule has 0 radical (unpaired) electrons. The third kappa shape index (κ3) is 11.0. The van der Waals surface area contributed by atoms with Crippen molar-refractivity contribution in [1.29, 1.82) is 0 Å². The summed E-state index contributed by atoms with van der Waals surface area (Å²) in [7, 11) is -16.7. The first kappa shape index (κ1) is 52.7. The maximum Gasteiger partial charge on any atom is 0.480 e. The zero-order chi connectivity index (χ0) is 52.9. The highest BCUT2D eigenvalue weighted by Gasteiger charge is 2.49. The number of aromatic carboxylic acids is 1. The molecule has 394 valence electrons. The van der Waals surface area contributed by atoms with Gasteiger partial charge in [0.15, 0.2) is 23.8 Å². The van der Waals surface area contributed by atoms with Crippen molar-refractivity contribution < 1.29 is 80.9 Å². The number of rotatable bonds is 17. The summed E-state index contributed by atoms with van der Waals surface area (Å²) in [5, 5.41) is 28.9. The smallest absolute Gasteiger partial charge is 0.478 e. The van der Waals surface area contributed by atoms with Gasteiger partial charge in [-0.05, 0) is 74.6 Å². The zero-order valence-electron chi connectivity index (χ0n) is 39.6. The van der Waals surface area contributed by atoms with Crippen molar-refractivity contribution in [1.82, 2.24) is 39.6 Å². The van der Waals surface area contributed by atoms with Crippen LogP contribution in [0.4, 0.5) is 16.3 Å². The van der Waals surface area contributed by atoms with Gasteiger partial charge in [-0.3, -0.25) is 13.9 Å². The molecule has 0 spiro atoms. The number of aliphatic hydroxyl groups excluding tert-OH is 1. The van der Waals surface area contributed by atoms with Crippen LogP contribution in [0.2, 0.25) is 0 Å². The van der Waals surface area contributed by atoms with E-state index in [4.69, 9.17) is 34.3 Å². The molecule has 1 fully saturated rings. The molecule has 9 rings (SSSR count). The Hall–Kier alpha value is -6.18. The van der Waals surface area contributed by atoms with E-state index in [1.54, 1.807) is 0 Å². The zero-order valence-corrected chi connectivity index (χ0v) is 42.2. The quantitative estimate of drug-likeness (QED) is 0.0350. The number of benzene rings is 3. The van der Waals surface area contributed by atoms with E-state index in [1.165, 1.54) is 29.1 Å². The number of aryl methyl sites for hydroxylation is 2. The Balaban J connectivity index is 0.935. The molecule has 1 saturated heterocycles. The number of hydrogen-bond acceptors (Lipinski definition) is 17. The van der Waals surface area contributed by atoms with E-state index < -0.39 is 72.4 Å². The largest absolute Gasteiger partial charge is 0.480 e. The molecule has 30 heteroatoms. The van der Waals surface area contributed by atoms with Gasteiger partial charge in [0.25, 0.3) is 5.91 Å². The second-order valence-corrected chi connectivity index (χ2v) is 22.3. The summed E-state index contributed by atoms with van der Waals surface area (Å²) in [6.07, 6.45) is -2.06. The summed E-state index contributed by atoms with van der Waals surface area (Å²) in [6, 6.07) is 12.5. The van der Waals surface area contributed by atoms with Crippen LogP contribution in [0, 0.1) is 0 Å². The van der Waals surface area contributed by atoms with E-state index in [0.29, 0.717) is 33.4 Å². The number of anilines is 2. The first-order valence-corrected chi connectivity index (χ1v) is 28.0. The predicted octanol–water partition coefficient (Wildman–Crippen LogP) is 1.39. The highest BCUT2D eigenvalue weighted by atomic mass is 31.3. The molecule has 6 atom stereocenters. The van der Waals surface area contributed by atoms with Crippen LogP contribution in [0.25, 0.3) is 16.7 Å². The fraction of sp³-hybridized carbons (Fsp3) is 0.386. The molecule has 4 aliphatic rings. The average molecular weight is 1090 g/mol. The van der Waals surface area contributed by atoms with Crippen molar-refractivity contribution in [2.24, 2.45) is 0 Å². The number of alkyl carbamates (subject to hydrolysis) is 1. The second-order valence-electron chi connectivity index (χ2n) is 17.6. The number of aliphatic hydroxyl groups is 1. The number of hydrogen-bond donors (Lipinski definition) is 10. The minimum atomic E-state index is -5.64. The molecule has 11 N–H and O–H groups in total. The van der Waals surface area contributed by atoms with E-state index in [2.05, 4.69) is 65.4 Å². The first-order valence-electron chi connectivity index (χ1n) is 23.3. The summed E-state index contributed by atoms with van der Waals surface area (Å²) in [4.78, 5) is 93.2. The number of aromatic nitrogens is 4. The maximum absolute atomic E-state index is 13.9. The molecular formula is C44H52N10O17P3+. The average Bonchev–Trinajstić information content (AvgIpc) is 3.91. The molecule has 2 amide bonds. The number of carbonyl (C=O) groups excluding carboxylic acids is 2. The Bertz CT molecular complexity index is 3370. The molecule has 6 heterocycles. The molecule has 4 aliphatic heterocycles. The number of phosphoric ester groups is 1. The van der Waals surface area contributed by atoms with Crippen LogP contribution < -0.4 is 46.0 Å². The van der Waals surface area contributed by atoms with E-state index in [0.717, 1.165) is 85.2 Å². The van der Waals surface area contributed by atoms with Gasteiger partial charge in [0.1, 0.15) is 48.6 Å². The van der Waals surface area contributed by atoms with Gasteiger partial charge in [-0.2, -0.15) is 4.31 Å². The molecule has 0 saturated carbocycles. The monoisotopic (exact) mass is 1090 g/mol. The van der Waals surface area contributed by atoms with Gasteiger partial charge < -0.3 is 65.3 Å². The summed E-state index contributed by atoms with van der Waals surface area (Å²) in [6.45, 7) is 6.05. The minimum absolute atomic E-state index is 0.0319. The van der Waals surface area contributed by atoms with Crippen LogP contribution in [-0.4, -0.2) is 131 Å². The number of ether oxygens (including phenoxy) is 3. The highest BCUT2D eigenvalue weighted by molar-refractivity contribution is 7.70. The molecule has 2 aromatic heterocycles. The summed E-state index contributed by atoms with van der Waals surface area (Å²) < 4.78 is 66.1. The number of carboxylic acids is 1. The third-order valence-electron chi connectivity index (χ3n) is 12.9. The van der Waals surface area contributed by atoms with Gasteiger partial charge in [-0.1, -0.05) is 0 Å². The van der Waals surface area contributed by atoms with Crippen molar-refractivity contribution >= 4 is 69.5 Å². The molecule has 5 aromatic rings. The van der Waals surface area contributed by atoms with Crippen molar-refractivity contribution in [3.05, 3.63) is 99.1 Å². The summed E-state index contributed by atoms with van der Waals surface area (Å²) in [5.41, 5.74) is 11.0. The lowest BCUT2D eigenvalue weighted by molar-refractivity contribution is -0.0521. The van der Waals surface area contributed by atoms with Crippen molar-refractivity contribution in [3.8, 4) is 11.5 Å². The van der Waals surface area contributed by atoms with Crippen LogP contribution in [0.5, 0.6) is 11.5 Å². The van der Waals surface area contributed by atoms with E-state index in [9.17, 15) is 48.1 Å². The lowest BCUT2D eigenvalue weighted by atomic mass is 9.85. The number of amides is 2. The standard InChI is InChI=1S/C44H51N10O17P3/c1-3-52-13-5-7-23-15-28-32(18-30(23)52)68-33-19-31-24(8-6-14-53(31)4-2)16-29(33)35(28)27-17-25(9-10-26(27)43(57)58)41(56)46-11-12-47-44(59)70-38-37(55)34(20-67-74(65,66)71-73(63,64)51-72(60,61)62)69-42(38)54-22-50-36-39(45)48-21-49-40(36)54/h9-10,15-19,21-22,34,37-38,42,55H,3-8,11-14,20H2,1-2H3,(H9-,45,46,47,48,49,51,56,57,58,59,60,61,62,63,64,65,66)/p+1/t34-,37-,38-,42-/m1/s1. The number of imidazole rings is 1. The Morgan fingerprint density at radius 1 is 0.932 bits per heavy atom. The maximum atomic E-state index is 13.9. The Labute approximate surface area is 420 Å². The van der Waals surface area contributed by atoms with Crippen LogP contribution in [0.1, 0.15) is 75.9 Å². The summed E-state index contributed by atoms with van der Waals surface area (Å²) in [5.74, 6) is -0.717. The molecule has 3 aromatic carbocycles. The SMILES string of the molecule is CCN1CCCc2cc3c(cc21)Oc1cc2c(cc1=C3c1cc(C(=O)NCCNC(=O)O[C@@H]3[C@H](O)[C@@H](COP(=O)(O)OP(=O)(O)NP(=O)(O)O)O[C@H]3n3cnc4c(N)ncnc43)ccc1C(=O)O)CCC[N+]=2CC. The molecular weight excluding hydrogens is 1030 g/mol. The number of nitrogen functional groups attached to an aromatic ring is 1. The fourth-order valence-corrected chi connectivity index (χ4v) is 13.0. The number of nitrogens with one attached hydrogen (secondary N) is 3. The van der Waals surface area contributed by atoms with Crippen LogP contribution in [-0.2, 0) is 44.8 Å². The molecule has 0 bridgehead atoms. The van der Waals surface area contributed by atoms with E-state index in [1.807, 2.05) is 12.1 Å². The number of phosphoric acid groups is 1. The van der Waals surface area contributed by atoms with Gasteiger partial charge in [-0.25, -0.2) is 42.8 Å². The van der Waals surface area contributed by atoms with Crippen LogP contribution in [0.15, 0.2) is 55.1 Å². The lowest BCUT2D eigenvalue weighted by Crippen LogP contribution is -2.41. The highest BCUT2D eigenvalue weighted by Crippen LogP contribution is 2.61. The van der Waals surface area contributed by atoms with Crippen molar-refractivity contribution in [2.45, 2.75) is 64.1 Å². The van der Waals surface area contributed by atoms with Crippen LogP contribution in [0.3, 0.4) is 0 Å². The van der Waals surface area contributed by atoms with Gasteiger partial charge in [0, 0.05) is 71.8 Å². The second kappa shape index (κ2) is 20.9. The van der Waals surface area contributed by atoms with E-state index >= 15 is 0 Å². The Kier molecular flexibility index (Phi) is 14.8. The van der Waals surface area contributed by atoms with Crippen molar-refractivity contribution in [2.75, 3.05) is 56.5 Å². The van der Waals surface area contributed by atoms with Gasteiger partial charge >= 0.3 is 35.4 Å². The molecule has 2 unspecified atom stereocenters. The number of fused-ring (bicyclic) bond motifs is 5. The number of nitrogens with two attached hydrogens (primary N) is 1. The molecule has 74 heavy (non-hydrogen) atoms. The lowest BCUT2D eigenvalue weighted by Gasteiger charge is -2.32. The number of nitrogens with zero attached hydrogens (tertiary/aromatic N) is 6. The molecule has 0 aliphatic carbocycles. The van der Waals surface area contributed by atoms with Gasteiger partial charge in [0.05, 0.1) is 24.6 Å². The summed E-state index contributed by atoms with van der Waals surface area (Å²) >= 11 is 0. The Morgan fingerprint density at radius 3 is 2.45 bits per heavy atom. The number of carboxylic acid groups (broad SMARTS) is 1. The third-order valence-corrected chi connectivity index (χ3v) is 17.1. The topological polar surface area (TPSA) is 382 Å². The normalized spacial score (nSPS) is 20.8. The Morgan fingerprint density at radius 2 is 1.70 bits per heavy atom. The van der Waals surface area contributed by atoms with E-state index in [-0.39, 0.29) is 41.2 Å². The van der Waals surface area contributed by atoms with Crippen LogP contribution >= 0.6 is 23.3 Å². The fourth-order valence-electron chi connectivity index (χ4n) is 9.61. The minimum Gasteiger partial charge on any atom is -0.478 e. The van der Waals surface area contributed by atoms with Gasteiger partial charge in [-0.15, -0.1) is 4.86 Å². The predicted molar refractivity (Wildman–Crippen MR) is 261 cm³/mol. The molecule has 27 nitrogen and oxygen atoms in total. The number of carbonyl (C=O) groups is 3.